The predicted molar refractivity (Wildman–Crippen MR) is 96.6 cm³/mol. The molecular weight excluding hydrogens is 316 g/mol. The second kappa shape index (κ2) is 7.92. The van der Waals surface area contributed by atoms with E-state index in [1.807, 2.05) is 32.9 Å². The number of benzene rings is 1. The van der Waals surface area contributed by atoms with Crippen LogP contribution in [0.3, 0.4) is 0 Å². The molecule has 0 aliphatic carbocycles. The van der Waals surface area contributed by atoms with E-state index in [9.17, 15) is 14.7 Å². The first-order valence-corrected chi connectivity index (χ1v) is 8.30. The first-order valence-electron chi connectivity index (χ1n) is 8.30. The van der Waals surface area contributed by atoms with Gasteiger partial charge in [0.2, 0.25) is 0 Å². The molecule has 0 aliphatic heterocycles. The Hall–Kier alpha value is -2.69. The molecule has 0 aliphatic rings. The smallest absolute Gasteiger partial charge is 0.270 e. The number of phenols is 1. The monoisotopic (exact) mass is 340 g/mol. The Bertz CT molecular complexity index is 764. The largest absolute Gasteiger partial charge is 0.508 e. The third-order valence-corrected chi connectivity index (χ3v) is 3.61. The lowest BCUT2D eigenvalue weighted by molar-refractivity contribution is -0.118. The minimum atomic E-state index is -0.345. The summed E-state index contributed by atoms with van der Waals surface area (Å²) in [7, 11) is 0. The minimum Gasteiger partial charge on any atom is -0.508 e. The van der Waals surface area contributed by atoms with Crippen LogP contribution in [-0.2, 0) is 17.6 Å². The van der Waals surface area contributed by atoms with E-state index in [2.05, 4.69) is 10.3 Å². The average Bonchev–Trinajstić information content (AvgIpc) is 2.53. The molecule has 132 valence electrons. The lowest BCUT2D eigenvalue weighted by Crippen LogP contribution is -2.40. The van der Waals surface area contributed by atoms with Gasteiger partial charge in [-0.15, -0.1) is 0 Å². The molecule has 2 N–H and O–H groups in total. The number of para-hydroxylation sites is 1. The molecule has 0 unspecified atom stereocenters. The molecule has 1 aromatic heterocycles. The summed E-state index contributed by atoms with van der Waals surface area (Å²) in [6.45, 7) is 5.70. The quantitative estimate of drug-likeness (QED) is 0.847. The number of rotatable bonds is 6. The maximum Gasteiger partial charge on any atom is 0.270 e. The van der Waals surface area contributed by atoms with E-state index >= 15 is 0 Å². The van der Waals surface area contributed by atoms with Gasteiger partial charge in [-0.1, -0.05) is 18.2 Å². The minimum absolute atomic E-state index is 0.0524. The van der Waals surface area contributed by atoms with Crippen LogP contribution in [0.4, 0.5) is 0 Å². The fraction of sp³-hybridized carbons (Fsp3) is 0.350. The van der Waals surface area contributed by atoms with Crippen molar-refractivity contribution >= 4 is 11.7 Å². The zero-order valence-corrected chi connectivity index (χ0v) is 14.9. The van der Waals surface area contributed by atoms with Crippen LogP contribution in [0, 0.1) is 0 Å². The lowest BCUT2D eigenvalue weighted by atomic mass is 10.0. The Balaban J connectivity index is 1.96. The first kappa shape index (κ1) is 18.6. The highest BCUT2D eigenvalue weighted by molar-refractivity contribution is 5.93. The maximum atomic E-state index is 12.2. The molecule has 1 aromatic carbocycles. The molecule has 1 amide bonds. The maximum absolute atomic E-state index is 12.2. The molecule has 5 heteroatoms. The third kappa shape index (κ3) is 6.03. The number of phenolic OH excluding ortho intramolecular Hbond substituents is 1. The van der Waals surface area contributed by atoms with Gasteiger partial charge in [-0.3, -0.25) is 14.6 Å². The number of hydrogen-bond acceptors (Lipinski definition) is 4. The summed E-state index contributed by atoms with van der Waals surface area (Å²) < 4.78 is 0. The number of Topliss-reactive ketones (excluding diaryl/α,β-unsaturated/α-hetero) is 1. The van der Waals surface area contributed by atoms with Gasteiger partial charge in [0.05, 0.1) is 0 Å². The van der Waals surface area contributed by atoms with Gasteiger partial charge < -0.3 is 10.4 Å². The Labute approximate surface area is 148 Å². The number of aromatic hydroxyl groups is 1. The molecule has 2 rings (SSSR count). The second-order valence-electron chi connectivity index (χ2n) is 7.10. The van der Waals surface area contributed by atoms with Crippen molar-refractivity contribution in [2.75, 3.05) is 0 Å². The highest BCUT2D eigenvalue weighted by Crippen LogP contribution is 2.18. The number of aromatic nitrogens is 1. The highest BCUT2D eigenvalue weighted by Gasteiger charge is 2.17. The normalized spacial score (nSPS) is 11.2. The Morgan fingerprint density at radius 2 is 1.88 bits per heavy atom. The van der Waals surface area contributed by atoms with Gasteiger partial charge in [0.25, 0.3) is 5.91 Å². The van der Waals surface area contributed by atoms with Crippen molar-refractivity contribution in [2.45, 2.75) is 45.6 Å². The summed E-state index contributed by atoms with van der Waals surface area (Å²) >= 11 is 0. The standard InChI is InChI=1S/C20H24N2O3/c1-20(2,3)22-19(25)17-13-14(10-11-21-17)12-16(23)9-8-15-6-4-5-7-18(15)24/h4-7,10-11,13,24H,8-9,12H2,1-3H3,(H,22,25). The van der Waals surface area contributed by atoms with Crippen LogP contribution in [0.5, 0.6) is 5.75 Å². The number of hydrogen-bond donors (Lipinski definition) is 2. The van der Waals surface area contributed by atoms with Gasteiger partial charge in [-0.2, -0.15) is 0 Å². The second-order valence-corrected chi connectivity index (χ2v) is 7.10. The Kier molecular flexibility index (Phi) is 5.91. The lowest BCUT2D eigenvalue weighted by Gasteiger charge is -2.20. The van der Waals surface area contributed by atoms with Gasteiger partial charge in [0.1, 0.15) is 17.2 Å². The molecule has 25 heavy (non-hydrogen) atoms. The number of carbonyl (C=O) groups excluding carboxylic acids is 2. The van der Waals surface area contributed by atoms with Crippen LogP contribution in [-0.4, -0.2) is 27.3 Å². The van der Waals surface area contributed by atoms with Crippen molar-refractivity contribution in [3.63, 3.8) is 0 Å². The topological polar surface area (TPSA) is 79.3 Å². The van der Waals surface area contributed by atoms with E-state index in [1.54, 1.807) is 30.5 Å². The number of carbonyl (C=O) groups is 2. The van der Waals surface area contributed by atoms with Crippen molar-refractivity contribution in [3.05, 3.63) is 59.4 Å². The zero-order valence-electron chi connectivity index (χ0n) is 14.9. The van der Waals surface area contributed by atoms with E-state index in [1.165, 1.54) is 0 Å². The number of aryl methyl sites for hydroxylation is 1. The zero-order chi connectivity index (χ0) is 18.4. The predicted octanol–water partition coefficient (Wildman–Crippen LogP) is 3.06. The van der Waals surface area contributed by atoms with Crippen molar-refractivity contribution in [3.8, 4) is 5.75 Å². The molecular formula is C20H24N2O3. The molecule has 0 spiro atoms. The van der Waals surface area contributed by atoms with E-state index in [-0.39, 0.29) is 29.4 Å². The average molecular weight is 340 g/mol. The molecule has 5 nitrogen and oxygen atoms in total. The van der Waals surface area contributed by atoms with Crippen LogP contribution < -0.4 is 5.32 Å². The van der Waals surface area contributed by atoms with Crippen LogP contribution in [0.1, 0.15) is 48.8 Å². The first-order chi connectivity index (χ1) is 11.7. The molecule has 0 atom stereocenters. The number of ketones is 1. The van der Waals surface area contributed by atoms with Crippen molar-refractivity contribution in [1.29, 1.82) is 0 Å². The molecule has 2 aromatic rings. The molecule has 0 fully saturated rings. The van der Waals surface area contributed by atoms with Crippen molar-refractivity contribution in [2.24, 2.45) is 0 Å². The molecule has 0 saturated heterocycles. The van der Waals surface area contributed by atoms with E-state index in [0.29, 0.717) is 18.5 Å². The molecule has 1 heterocycles. The van der Waals surface area contributed by atoms with Crippen LogP contribution in [0.2, 0.25) is 0 Å². The van der Waals surface area contributed by atoms with E-state index in [4.69, 9.17) is 0 Å². The van der Waals surface area contributed by atoms with Gasteiger partial charge >= 0.3 is 0 Å². The Morgan fingerprint density at radius 1 is 1.16 bits per heavy atom. The number of nitrogens with zero attached hydrogens (tertiary/aromatic N) is 1. The third-order valence-electron chi connectivity index (χ3n) is 3.61. The van der Waals surface area contributed by atoms with Crippen LogP contribution in [0.15, 0.2) is 42.6 Å². The molecule has 0 saturated carbocycles. The van der Waals surface area contributed by atoms with E-state index in [0.717, 1.165) is 11.1 Å². The van der Waals surface area contributed by atoms with Crippen LogP contribution in [0.25, 0.3) is 0 Å². The summed E-state index contributed by atoms with van der Waals surface area (Å²) in [4.78, 5) is 28.4. The summed E-state index contributed by atoms with van der Waals surface area (Å²) in [5.74, 6) is 0.00740. The molecule has 0 bridgehead atoms. The fourth-order valence-electron chi connectivity index (χ4n) is 2.43. The summed E-state index contributed by atoms with van der Waals surface area (Å²) in [6, 6.07) is 10.4. The van der Waals surface area contributed by atoms with Gasteiger partial charge in [-0.25, -0.2) is 0 Å². The summed E-state index contributed by atoms with van der Waals surface area (Å²) in [6.07, 6.45) is 2.62. The fourth-order valence-corrected chi connectivity index (χ4v) is 2.43. The SMILES string of the molecule is CC(C)(C)NC(=O)c1cc(CC(=O)CCc2ccccc2O)ccn1. The van der Waals surface area contributed by atoms with Crippen molar-refractivity contribution in [1.82, 2.24) is 10.3 Å². The highest BCUT2D eigenvalue weighted by atomic mass is 16.3. The summed E-state index contributed by atoms with van der Waals surface area (Å²) in [5, 5.41) is 12.6. The number of pyridine rings is 1. The van der Waals surface area contributed by atoms with Gasteiger partial charge in [0.15, 0.2) is 0 Å². The number of nitrogens with one attached hydrogen (secondary N) is 1. The van der Waals surface area contributed by atoms with Gasteiger partial charge in [0, 0.05) is 24.6 Å². The van der Waals surface area contributed by atoms with E-state index < -0.39 is 0 Å². The van der Waals surface area contributed by atoms with Crippen molar-refractivity contribution < 1.29 is 14.7 Å². The van der Waals surface area contributed by atoms with Gasteiger partial charge in [-0.05, 0) is 56.5 Å². The number of amides is 1. The summed E-state index contributed by atoms with van der Waals surface area (Å²) in [5.41, 5.74) is 1.48. The molecule has 0 radical (unpaired) electrons. The Morgan fingerprint density at radius 3 is 2.56 bits per heavy atom. The van der Waals surface area contributed by atoms with Crippen LogP contribution >= 0.6 is 0 Å².